The van der Waals surface area contributed by atoms with Gasteiger partial charge < -0.3 is 14.2 Å². The van der Waals surface area contributed by atoms with Gasteiger partial charge in [0.15, 0.2) is 11.5 Å². The maximum absolute atomic E-state index is 5.96. The summed E-state index contributed by atoms with van der Waals surface area (Å²) >= 11 is 1.51. The van der Waals surface area contributed by atoms with Crippen LogP contribution in [0.5, 0.6) is 17.2 Å². The van der Waals surface area contributed by atoms with Crippen LogP contribution in [-0.4, -0.2) is 25.4 Å². The number of para-hydroxylation sites is 2. The number of nitrogens with zero attached hydrogens (tertiary/aromatic N) is 2. The summed E-state index contributed by atoms with van der Waals surface area (Å²) in [6, 6.07) is 23.4. The molecule has 0 spiro atoms. The molecule has 0 amide bonds. The van der Waals surface area contributed by atoms with E-state index in [2.05, 4.69) is 15.5 Å². The Labute approximate surface area is 191 Å². The number of hydrazone groups is 1. The molecule has 0 aliphatic rings. The topological polar surface area (TPSA) is 65.0 Å². The molecular formula is C25H23N3O3S. The van der Waals surface area contributed by atoms with Crippen molar-refractivity contribution in [2.24, 2.45) is 5.10 Å². The number of thiazole rings is 1. The highest BCUT2D eigenvalue weighted by molar-refractivity contribution is 7.14. The second-order valence-corrected chi connectivity index (χ2v) is 7.64. The number of nitrogens with one attached hydrogen (secondary N) is 1. The van der Waals surface area contributed by atoms with Crippen molar-refractivity contribution in [3.05, 3.63) is 89.3 Å². The SMILES string of the molecule is COc1ccc(C=NNc2nc(-c3ccccc3)cs2)cc1COc1ccccc1OC. The third-order valence-corrected chi connectivity index (χ3v) is 5.45. The van der Waals surface area contributed by atoms with Crippen LogP contribution in [0.25, 0.3) is 11.3 Å². The van der Waals surface area contributed by atoms with E-state index in [0.717, 1.165) is 33.3 Å². The van der Waals surface area contributed by atoms with E-state index in [4.69, 9.17) is 14.2 Å². The molecule has 7 heteroatoms. The first-order valence-electron chi connectivity index (χ1n) is 9.99. The second kappa shape index (κ2) is 10.5. The van der Waals surface area contributed by atoms with E-state index in [1.807, 2.05) is 78.2 Å². The van der Waals surface area contributed by atoms with Gasteiger partial charge in [0.25, 0.3) is 0 Å². The van der Waals surface area contributed by atoms with E-state index in [-0.39, 0.29) is 0 Å². The Bertz CT molecular complexity index is 1190. The molecule has 4 rings (SSSR count). The fraction of sp³-hybridized carbons (Fsp3) is 0.120. The van der Waals surface area contributed by atoms with Crippen molar-refractivity contribution in [3.63, 3.8) is 0 Å². The summed E-state index contributed by atoms with van der Waals surface area (Å²) in [5.41, 5.74) is 6.83. The number of benzene rings is 3. The minimum atomic E-state index is 0.339. The van der Waals surface area contributed by atoms with Crippen LogP contribution in [0.15, 0.2) is 83.3 Å². The van der Waals surface area contributed by atoms with Gasteiger partial charge in [0.1, 0.15) is 12.4 Å². The highest BCUT2D eigenvalue weighted by atomic mass is 32.1. The van der Waals surface area contributed by atoms with E-state index in [1.165, 1.54) is 11.3 Å². The van der Waals surface area contributed by atoms with Crippen molar-refractivity contribution < 1.29 is 14.2 Å². The van der Waals surface area contributed by atoms with Gasteiger partial charge in [0.2, 0.25) is 5.13 Å². The van der Waals surface area contributed by atoms with Crippen LogP contribution < -0.4 is 19.6 Å². The van der Waals surface area contributed by atoms with Gasteiger partial charge in [0, 0.05) is 16.5 Å². The van der Waals surface area contributed by atoms with E-state index >= 15 is 0 Å². The lowest BCUT2D eigenvalue weighted by Gasteiger charge is -2.13. The first kappa shape index (κ1) is 21.4. The molecule has 1 heterocycles. The highest BCUT2D eigenvalue weighted by Crippen LogP contribution is 2.28. The molecule has 3 aromatic carbocycles. The number of methoxy groups -OCH3 is 2. The van der Waals surface area contributed by atoms with Crippen LogP contribution in [0.1, 0.15) is 11.1 Å². The van der Waals surface area contributed by atoms with E-state index in [9.17, 15) is 0 Å². The Kier molecular flexibility index (Phi) is 6.99. The number of ether oxygens (including phenoxy) is 3. The summed E-state index contributed by atoms with van der Waals surface area (Å²) in [4.78, 5) is 4.58. The van der Waals surface area contributed by atoms with E-state index in [0.29, 0.717) is 18.1 Å². The first-order valence-corrected chi connectivity index (χ1v) is 10.9. The number of anilines is 1. The zero-order valence-corrected chi connectivity index (χ0v) is 18.6. The maximum atomic E-state index is 5.96. The van der Waals surface area contributed by atoms with Crippen molar-refractivity contribution in [2.45, 2.75) is 6.61 Å². The molecule has 0 aliphatic carbocycles. The molecule has 0 atom stereocenters. The zero-order chi connectivity index (χ0) is 22.2. The Hall–Kier alpha value is -3.84. The lowest BCUT2D eigenvalue weighted by molar-refractivity contribution is 0.278. The molecule has 162 valence electrons. The third kappa shape index (κ3) is 5.25. The predicted octanol–water partition coefficient (Wildman–Crippen LogP) is 5.85. The van der Waals surface area contributed by atoms with Crippen molar-refractivity contribution in [3.8, 4) is 28.5 Å². The molecule has 1 aromatic heterocycles. The molecule has 0 saturated heterocycles. The standard InChI is InChI=1S/C25H23N3O3S/c1-29-22-13-12-18(14-20(22)16-31-24-11-7-6-10-23(24)30-2)15-26-28-25-27-21(17-32-25)19-8-4-3-5-9-19/h3-15,17H,16H2,1-2H3,(H,27,28). The summed E-state index contributed by atoms with van der Waals surface area (Å²) in [6.45, 7) is 0.339. The number of hydrogen-bond donors (Lipinski definition) is 1. The van der Waals surface area contributed by atoms with Gasteiger partial charge in [-0.3, -0.25) is 5.43 Å². The van der Waals surface area contributed by atoms with Gasteiger partial charge in [-0.15, -0.1) is 11.3 Å². The minimum absolute atomic E-state index is 0.339. The fourth-order valence-corrected chi connectivity index (χ4v) is 3.78. The lowest BCUT2D eigenvalue weighted by atomic mass is 10.1. The molecule has 4 aromatic rings. The van der Waals surface area contributed by atoms with Gasteiger partial charge in [-0.05, 0) is 35.9 Å². The molecule has 0 bridgehead atoms. The predicted molar refractivity (Wildman–Crippen MR) is 129 cm³/mol. The Morgan fingerprint density at radius 2 is 1.66 bits per heavy atom. The Morgan fingerprint density at radius 3 is 2.44 bits per heavy atom. The monoisotopic (exact) mass is 445 g/mol. The van der Waals surface area contributed by atoms with Crippen LogP contribution in [0.2, 0.25) is 0 Å². The quantitative estimate of drug-likeness (QED) is 0.258. The third-order valence-electron chi connectivity index (χ3n) is 4.70. The van der Waals surface area contributed by atoms with Crippen LogP contribution in [0, 0.1) is 0 Å². The summed E-state index contributed by atoms with van der Waals surface area (Å²) in [5, 5.41) is 7.07. The molecule has 0 unspecified atom stereocenters. The average molecular weight is 446 g/mol. The zero-order valence-electron chi connectivity index (χ0n) is 17.8. The molecule has 0 saturated carbocycles. The van der Waals surface area contributed by atoms with Gasteiger partial charge in [-0.2, -0.15) is 5.10 Å². The van der Waals surface area contributed by atoms with Crippen molar-refractivity contribution in [2.75, 3.05) is 19.6 Å². The van der Waals surface area contributed by atoms with Crippen LogP contribution in [0.3, 0.4) is 0 Å². The summed E-state index contributed by atoms with van der Waals surface area (Å²) < 4.78 is 16.8. The first-order chi connectivity index (χ1) is 15.8. The van der Waals surface area contributed by atoms with E-state index in [1.54, 1.807) is 20.4 Å². The molecule has 32 heavy (non-hydrogen) atoms. The lowest BCUT2D eigenvalue weighted by Crippen LogP contribution is -2.01. The van der Waals surface area contributed by atoms with Crippen molar-refractivity contribution >= 4 is 22.7 Å². The molecule has 0 fully saturated rings. The van der Waals surface area contributed by atoms with E-state index < -0.39 is 0 Å². The second-order valence-electron chi connectivity index (χ2n) is 6.78. The van der Waals surface area contributed by atoms with Crippen LogP contribution in [0.4, 0.5) is 5.13 Å². The van der Waals surface area contributed by atoms with Crippen LogP contribution >= 0.6 is 11.3 Å². The smallest absolute Gasteiger partial charge is 0.203 e. The minimum Gasteiger partial charge on any atom is -0.496 e. The van der Waals surface area contributed by atoms with Gasteiger partial charge in [0.05, 0.1) is 26.1 Å². The highest BCUT2D eigenvalue weighted by Gasteiger charge is 2.08. The van der Waals surface area contributed by atoms with Crippen LogP contribution in [-0.2, 0) is 6.61 Å². The van der Waals surface area contributed by atoms with Crippen molar-refractivity contribution in [1.82, 2.24) is 4.98 Å². The molecule has 0 radical (unpaired) electrons. The number of hydrogen-bond acceptors (Lipinski definition) is 7. The largest absolute Gasteiger partial charge is 0.496 e. The summed E-state index contributed by atoms with van der Waals surface area (Å²) in [6.07, 6.45) is 1.75. The van der Waals surface area contributed by atoms with Crippen molar-refractivity contribution in [1.29, 1.82) is 0 Å². The van der Waals surface area contributed by atoms with Gasteiger partial charge in [-0.25, -0.2) is 4.98 Å². The molecular weight excluding hydrogens is 422 g/mol. The normalized spacial score (nSPS) is 10.8. The van der Waals surface area contributed by atoms with Gasteiger partial charge in [-0.1, -0.05) is 42.5 Å². The Balaban J connectivity index is 1.43. The average Bonchev–Trinajstić information content (AvgIpc) is 3.32. The molecule has 1 N–H and O–H groups in total. The van der Waals surface area contributed by atoms with Gasteiger partial charge >= 0.3 is 0 Å². The number of rotatable bonds is 9. The molecule has 6 nitrogen and oxygen atoms in total. The summed E-state index contributed by atoms with van der Waals surface area (Å²) in [7, 11) is 3.27. The fourth-order valence-electron chi connectivity index (χ4n) is 3.11. The molecule has 0 aliphatic heterocycles. The summed E-state index contributed by atoms with van der Waals surface area (Å²) in [5.74, 6) is 2.11. The maximum Gasteiger partial charge on any atom is 0.203 e. The number of aromatic nitrogens is 1. The Morgan fingerprint density at radius 1 is 0.906 bits per heavy atom.